The number of nitrogens with zero attached hydrogens (tertiary/aromatic N) is 3. The van der Waals surface area contributed by atoms with Crippen LogP contribution in [0, 0.1) is 16.7 Å². The van der Waals surface area contributed by atoms with Gasteiger partial charge < -0.3 is 20.4 Å². The molecule has 0 radical (unpaired) electrons. The van der Waals surface area contributed by atoms with Crippen LogP contribution in [0.4, 0.5) is 5.69 Å². The van der Waals surface area contributed by atoms with Crippen molar-refractivity contribution in [2.45, 2.75) is 82.8 Å². The zero-order chi connectivity index (χ0) is 26.3. The Bertz CT molecular complexity index is 1110. The number of anilines is 1. The maximum atomic E-state index is 14.0. The zero-order valence-electron chi connectivity index (χ0n) is 21.5. The molecule has 2 aliphatic heterocycles. The van der Waals surface area contributed by atoms with Gasteiger partial charge in [0, 0.05) is 31.7 Å². The summed E-state index contributed by atoms with van der Waals surface area (Å²) in [5.74, 6) is -2.13. The summed E-state index contributed by atoms with van der Waals surface area (Å²) >= 11 is 0. The third-order valence-corrected chi connectivity index (χ3v) is 7.68. The second-order valence-electron chi connectivity index (χ2n) is 11.5. The molecule has 1 aromatic carbocycles. The van der Waals surface area contributed by atoms with Gasteiger partial charge in [0.15, 0.2) is 0 Å². The van der Waals surface area contributed by atoms with Crippen LogP contribution in [0.3, 0.4) is 0 Å². The summed E-state index contributed by atoms with van der Waals surface area (Å²) in [4.78, 5) is 55.6. The van der Waals surface area contributed by atoms with Gasteiger partial charge in [-0.2, -0.15) is 5.26 Å². The number of amides is 4. The van der Waals surface area contributed by atoms with Crippen molar-refractivity contribution in [1.82, 2.24) is 15.1 Å². The predicted octanol–water partition coefficient (Wildman–Crippen LogP) is 2.32. The first-order chi connectivity index (χ1) is 17.0. The Morgan fingerprint density at radius 1 is 1.25 bits per heavy atom. The minimum Gasteiger partial charge on any atom is -0.345 e. The molecule has 3 atom stereocenters. The number of likely N-dealkylation sites (tertiary alicyclic amines) is 1. The summed E-state index contributed by atoms with van der Waals surface area (Å²) in [5, 5.41) is 15.6. The Morgan fingerprint density at radius 3 is 2.56 bits per heavy atom. The molecule has 1 saturated heterocycles. The second kappa shape index (κ2) is 9.57. The quantitative estimate of drug-likeness (QED) is 0.624. The molecule has 0 aromatic heterocycles. The molecule has 2 heterocycles. The van der Waals surface area contributed by atoms with Crippen LogP contribution in [-0.2, 0) is 24.6 Å². The number of fused-ring (bicyclic) bond motifs is 2. The molecule has 1 aliphatic carbocycles. The summed E-state index contributed by atoms with van der Waals surface area (Å²) in [6.07, 6.45) is 4.20. The largest absolute Gasteiger partial charge is 0.345 e. The van der Waals surface area contributed by atoms with E-state index in [1.807, 2.05) is 45.0 Å². The van der Waals surface area contributed by atoms with E-state index >= 15 is 0 Å². The Hall–Kier alpha value is -3.41. The fourth-order valence-corrected chi connectivity index (χ4v) is 5.77. The maximum Gasteiger partial charge on any atom is 0.312 e. The minimum atomic E-state index is -1.01. The molecule has 1 spiro atoms. The lowest BCUT2D eigenvalue weighted by Gasteiger charge is -2.35. The maximum absolute atomic E-state index is 14.0. The van der Waals surface area contributed by atoms with Gasteiger partial charge in [0.2, 0.25) is 11.8 Å². The summed E-state index contributed by atoms with van der Waals surface area (Å²) in [7, 11) is 1.47. The van der Waals surface area contributed by atoms with Gasteiger partial charge in [0.25, 0.3) is 0 Å². The van der Waals surface area contributed by atoms with Crippen molar-refractivity contribution < 1.29 is 19.2 Å². The van der Waals surface area contributed by atoms with Crippen LogP contribution < -0.4 is 10.6 Å². The SMILES string of the molecule is CN(C(=O)C(=O)NC1CCCC1)[C@@H](CC(C)(C)C)C(=O)N1C[C@]2(C[C@H]1C#N)C(=O)Nc1ccccc12. The van der Waals surface area contributed by atoms with Crippen molar-refractivity contribution in [3.8, 4) is 6.07 Å². The van der Waals surface area contributed by atoms with Gasteiger partial charge >= 0.3 is 11.8 Å². The average Bonchev–Trinajstić information content (AvgIpc) is 3.55. The number of hydrogen-bond donors (Lipinski definition) is 2. The van der Waals surface area contributed by atoms with Crippen molar-refractivity contribution in [3.05, 3.63) is 29.8 Å². The Kier molecular flexibility index (Phi) is 6.82. The van der Waals surface area contributed by atoms with Gasteiger partial charge in [-0.25, -0.2) is 0 Å². The number of benzene rings is 1. The molecule has 1 saturated carbocycles. The number of nitrogens with one attached hydrogen (secondary N) is 2. The van der Waals surface area contributed by atoms with E-state index in [1.165, 1.54) is 16.8 Å². The number of carbonyl (C=O) groups is 4. The van der Waals surface area contributed by atoms with Crippen molar-refractivity contribution in [2.75, 3.05) is 18.9 Å². The highest BCUT2D eigenvalue weighted by Gasteiger charge is 2.57. The van der Waals surface area contributed by atoms with Gasteiger partial charge in [-0.3, -0.25) is 19.2 Å². The topological polar surface area (TPSA) is 123 Å². The van der Waals surface area contributed by atoms with Gasteiger partial charge in [-0.05, 0) is 36.3 Å². The molecule has 9 nitrogen and oxygen atoms in total. The van der Waals surface area contributed by atoms with Gasteiger partial charge in [0.05, 0.1) is 11.5 Å². The van der Waals surface area contributed by atoms with E-state index in [-0.39, 0.29) is 30.3 Å². The lowest BCUT2D eigenvalue weighted by Crippen LogP contribution is -2.55. The molecule has 36 heavy (non-hydrogen) atoms. The lowest BCUT2D eigenvalue weighted by molar-refractivity contribution is -0.152. The van der Waals surface area contributed by atoms with Crippen LogP contribution in [-0.4, -0.2) is 65.1 Å². The van der Waals surface area contributed by atoms with Crippen molar-refractivity contribution in [3.63, 3.8) is 0 Å². The van der Waals surface area contributed by atoms with Crippen LogP contribution in [0.15, 0.2) is 24.3 Å². The second-order valence-corrected chi connectivity index (χ2v) is 11.5. The highest BCUT2D eigenvalue weighted by molar-refractivity contribution is 6.35. The number of rotatable bonds is 4. The predicted molar refractivity (Wildman–Crippen MR) is 134 cm³/mol. The summed E-state index contributed by atoms with van der Waals surface area (Å²) < 4.78 is 0. The summed E-state index contributed by atoms with van der Waals surface area (Å²) in [6.45, 7) is 5.91. The summed E-state index contributed by atoms with van der Waals surface area (Å²) in [6, 6.07) is 7.73. The first-order valence-electron chi connectivity index (χ1n) is 12.7. The first-order valence-corrected chi connectivity index (χ1v) is 12.7. The number of likely N-dealkylation sites (N-methyl/N-ethyl adjacent to an activating group) is 1. The molecule has 1 aromatic rings. The summed E-state index contributed by atoms with van der Waals surface area (Å²) in [5.41, 5.74) is 0.114. The number of nitriles is 1. The van der Waals surface area contributed by atoms with E-state index < -0.39 is 35.2 Å². The van der Waals surface area contributed by atoms with Crippen LogP contribution in [0.25, 0.3) is 0 Å². The van der Waals surface area contributed by atoms with E-state index in [9.17, 15) is 24.4 Å². The Labute approximate surface area is 212 Å². The molecular formula is C27H35N5O4. The van der Waals surface area contributed by atoms with E-state index in [2.05, 4.69) is 16.7 Å². The molecule has 0 unspecified atom stereocenters. The standard InChI is InChI=1S/C27H35N5O4/c1-26(2,3)14-21(31(4)24(35)22(33)29-17-9-5-6-10-17)23(34)32-16-27(13-18(32)15-28)19-11-7-8-12-20(19)30-25(27)36/h7-8,11-12,17-18,21H,5-6,9-10,13-14,16H2,1-4H3,(H,29,33)(H,30,36)/t18-,21-,27-/m0/s1. The highest BCUT2D eigenvalue weighted by atomic mass is 16.2. The highest BCUT2D eigenvalue weighted by Crippen LogP contribution is 2.46. The van der Waals surface area contributed by atoms with E-state index in [1.54, 1.807) is 0 Å². The van der Waals surface area contributed by atoms with Crippen molar-refractivity contribution >= 4 is 29.3 Å². The normalized spacial score (nSPS) is 24.2. The molecule has 2 fully saturated rings. The fraction of sp³-hybridized carbons (Fsp3) is 0.593. The third kappa shape index (κ3) is 4.69. The van der Waals surface area contributed by atoms with Crippen LogP contribution >= 0.6 is 0 Å². The Balaban J connectivity index is 1.60. The average molecular weight is 494 g/mol. The van der Waals surface area contributed by atoms with E-state index in [0.29, 0.717) is 12.1 Å². The molecule has 192 valence electrons. The number of para-hydroxylation sites is 1. The lowest BCUT2D eigenvalue weighted by atomic mass is 9.80. The van der Waals surface area contributed by atoms with Crippen molar-refractivity contribution in [1.29, 1.82) is 5.26 Å². The van der Waals surface area contributed by atoms with Crippen LogP contribution in [0.5, 0.6) is 0 Å². The molecule has 4 rings (SSSR count). The number of carbonyl (C=O) groups excluding carboxylic acids is 4. The number of hydrogen-bond acceptors (Lipinski definition) is 5. The van der Waals surface area contributed by atoms with Crippen LogP contribution in [0.2, 0.25) is 0 Å². The first kappa shape index (κ1) is 25.7. The molecule has 9 heteroatoms. The fourth-order valence-electron chi connectivity index (χ4n) is 5.77. The molecule has 2 N–H and O–H groups in total. The molecule has 3 aliphatic rings. The van der Waals surface area contributed by atoms with Gasteiger partial charge in [0.1, 0.15) is 12.1 Å². The molecular weight excluding hydrogens is 458 g/mol. The van der Waals surface area contributed by atoms with E-state index in [4.69, 9.17) is 0 Å². The molecule has 0 bridgehead atoms. The zero-order valence-corrected chi connectivity index (χ0v) is 21.5. The monoisotopic (exact) mass is 493 g/mol. The van der Waals surface area contributed by atoms with E-state index in [0.717, 1.165) is 31.2 Å². The minimum absolute atomic E-state index is 0.0195. The Morgan fingerprint density at radius 2 is 1.92 bits per heavy atom. The smallest absolute Gasteiger partial charge is 0.312 e. The van der Waals surface area contributed by atoms with Gasteiger partial charge in [-0.15, -0.1) is 0 Å². The van der Waals surface area contributed by atoms with Crippen molar-refractivity contribution in [2.24, 2.45) is 5.41 Å². The van der Waals surface area contributed by atoms with Gasteiger partial charge in [-0.1, -0.05) is 51.8 Å². The van der Waals surface area contributed by atoms with Crippen LogP contribution in [0.1, 0.15) is 64.9 Å². The molecule has 4 amide bonds. The third-order valence-electron chi connectivity index (χ3n) is 7.68.